The third-order valence-electron chi connectivity index (χ3n) is 5.36. The monoisotopic (exact) mass is 476 g/mol. The molecule has 0 radical (unpaired) electrons. The van der Waals surface area contributed by atoms with Crippen LogP contribution in [0.1, 0.15) is 43.4 Å². The van der Waals surface area contributed by atoms with E-state index in [1.165, 1.54) is 50.2 Å². The number of halogens is 1. The molecule has 2 atom stereocenters. The maximum atomic E-state index is 4.53. The highest BCUT2D eigenvalue weighted by Gasteiger charge is 2.27. The van der Waals surface area contributed by atoms with Crippen LogP contribution in [0.2, 0.25) is 0 Å². The highest BCUT2D eigenvalue weighted by molar-refractivity contribution is 14.0. The summed E-state index contributed by atoms with van der Waals surface area (Å²) in [4.78, 5) is 11.1. The van der Waals surface area contributed by atoms with Gasteiger partial charge < -0.3 is 15.1 Å². The predicted molar refractivity (Wildman–Crippen MR) is 119 cm³/mol. The molecule has 1 N–H and O–H groups in total. The van der Waals surface area contributed by atoms with Crippen LogP contribution >= 0.6 is 35.3 Å². The van der Waals surface area contributed by atoms with E-state index in [9.17, 15) is 0 Å². The summed E-state index contributed by atoms with van der Waals surface area (Å²) in [7, 11) is 1.91. The first-order valence-corrected chi connectivity index (χ1v) is 10.4. The zero-order valence-electron chi connectivity index (χ0n) is 15.6. The van der Waals surface area contributed by atoms with Crippen molar-refractivity contribution in [3.05, 3.63) is 22.4 Å². The van der Waals surface area contributed by atoms with Crippen LogP contribution < -0.4 is 5.32 Å². The molecule has 2 fully saturated rings. The molecule has 1 aromatic rings. The molecule has 2 aliphatic heterocycles. The average Bonchev–Trinajstić information content (AvgIpc) is 3.28. The fraction of sp³-hybridized carbons (Fsp3) is 0.737. The first-order chi connectivity index (χ1) is 11.8. The topological polar surface area (TPSA) is 30.9 Å². The number of hydrogen-bond donors (Lipinski definition) is 1. The highest BCUT2D eigenvalue weighted by atomic mass is 127. The molecule has 0 amide bonds. The lowest BCUT2D eigenvalue weighted by Crippen LogP contribution is -2.42. The van der Waals surface area contributed by atoms with Gasteiger partial charge in [0.05, 0.1) is 0 Å². The third-order valence-corrected chi connectivity index (χ3v) is 6.46. The molecular weight excluding hydrogens is 443 g/mol. The number of nitrogens with zero attached hydrogens (tertiary/aromatic N) is 3. The number of guanidine groups is 1. The number of nitrogens with one attached hydrogen (secondary N) is 1. The van der Waals surface area contributed by atoms with E-state index in [2.05, 4.69) is 44.5 Å². The standard InChI is InChI=1S/C19H32N4S.HI/c1-16(18-7-6-12-24-18)13-21-19(20-2)23-11-8-17(15-23)14-22-9-4-3-5-10-22;/h6-7,12,16-17H,3-5,8-11,13-15H2,1-2H3,(H,20,21);1H. The average molecular weight is 476 g/mol. The van der Waals surface area contributed by atoms with E-state index in [4.69, 9.17) is 0 Å². The molecule has 0 bridgehead atoms. The van der Waals surface area contributed by atoms with Gasteiger partial charge in [-0.05, 0) is 49.7 Å². The van der Waals surface area contributed by atoms with E-state index in [-0.39, 0.29) is 24.0 Å². The summed E-state index contributed by atoms with van der Waals surface area (Å²) < 4.78 is 0. The van der Waals surface area contributed by atoms with E-state index in [1.807, 2.05) is 18.4 Å². The molecule has 142 valence electrons. The number of thiophene rings is 1. The van der Waals surface area contributed by atoms with E-state index in [1.54, 1.807) is 0 Å². The van der Waals surface area contributed by atoms with Gasteiger partial charge in [0.25, 0.3) is 0 Å². The highest BCUT2D eigenvalue weighted by Crippen LogP contribution is 2.21. The smallest absolute Gasteiger partial charge is 0.193 e. The van der Waals surface area contributed by atoms with Crippen LogP contribution in [0, 0.1) is 5.92 Å². The Kier molecular flexibility index (Phi) is 8.99. The Balaban J connectivity index is 0.00000225. The Bertz CT molecular complexity index is 514. The fourth-order valence-electron chi connectivity index (χ4n) is 3.93. The van der Waals surface area contributed by atoms with Gasteiger partial charge in [0, 0.05) is 44.0 Å². The second-order valence-electron chi connectivity index (χ2n) is 7.31. The van der Waals surface area contributed by atoms with E-state index >= 15 is 0 Å². The lowest BCUT2D eigenvalue weighted by atomic mass is 10.1. The van der Waals surface area contributed by atoms with E-state index < -0.39 is 0 Å². The Morgan fingerprint density at radius 1 is 1.32 bits per heavy atom. The first-order valence-electron chi connectivity index (χ1n) is 9.47. The van der Waals surface area contributed by atoms with Gasteiger partial charge in [-0.25, -0.2) is 0 Å². The van der Waals surface area contributed by atoms with Crippen LogP contribution in [0.25, 0.3) is 0 Å². The summed E-state index contributed by atoms with van der Waals surface area (Å²) in [6.45, 7) is 9.44. The summed E-state index contributed by atoms with van der Waals surface area (Å²) in [6.07, 6.45) is 5.50. The second kappa shape index (κ2) is 10.7. The molecule has 6 heteroatoms. The minimum absolute atomic E-state index is 0. The number of aliphatic imine (C=N–C) groups is 1. The van der Waals surface area contributed by atoms with Gasteiger partial charge in [-0.2, -0.15) is 0 Å². The summed E-state index contributed by atoms with van der Waals surface area (Å²) in [5.41, 5.74) is 0. The Hall–Kier alpha value is -0.340. The summed E-state index contributed by atoms with van der Waals surface area (Å²) in [5.74, 6) is 2.42. The van der Waals surface area contributed by atoms with Crippen molar-refractivity contribution in [1.82, 2.24) is 15.1 Å². The quantitative estimate of drug-likeness (QED) is 0.398. The minimum Gasteiger partial charge on any atom is -0.356 e. The zero-order valence-corrected chi connectivity index (χ0v) is 18.8. The van der Waals surface area contributed by atoms with Crippen molar-refractivity contribution in [2.75, 3.05) is 46.3 Å². The van der Waals surface area contributed by atoms with Gasteiger partial charge >= 0.3 is 0 Å². The molecule has 0 spiro atoms. The van der Waals surface area contributed by atoms with Crippen LogP contribution in [-0.2, 0) is 0 Å². The van der Waals surface area contributed by atoms with Crippen LogP contribution in [0.15, 0.2) is 22.5 Å². The van der Waals surface area contributed by atoms with Gasteiger partial charge in [-0.1, -0.05) is 19.4 Å². The molecule has 0 saturated carbocycles. The van der Waals surface area contributed by atoms with Gasteiger partial charge in [0.1, 0.15) is 0 Å². The molecule has 0 aliphatic carbocycles. The maximum Gasteiger partial charge on any atom is 0.193 e. The van der Waals surface area contributed by atoms with Gasteiger partial charge in [-0.3, -0.25) is 4.99 Å². The molecule has 2 saturated heterocycles. The zero-order chi connectivity index (χ0) is 16.8. The summed E-state index contributed by atoms with van der Waals surface area (Å²) >= 11 is 1.84. The lowest BCUT2D eigenvalue weighted by molar-refractivity contribution is 0.198. The third kappa shape index (κ3) is 6.10. The molecule has 0 aromatic carbocycles. The van der Waals surface area contributed by atoms with Crippen LogP contribution in [0.5, 0.6) is 0 Å². The van der Waals surface area contributed by atoms with Crippen LogP contribution in [-0.4, -0.2) is 62.1 Å². The molecule has 1 aromatic heterocycles. The lowest BCUT2D eigenvalue weighted by Gasteiger charge is -2.29. The number of piperidine rings is 1. The molecule has 2 aliphatic rings. The normalized spacial score (nSPS) is 23.4. The van der Waals surface area contributed by atoms with Crippen molar-refractivity contribution in [3.63, 3.8) is 0 Å². The molecular formula is C19H33IN4S. The van der Waals surface area contributed by atoms with Crippen molar-refractivity contribution in [2.45, 2.75) is 38.5 Å². The molecule has 3 heterocycles. The summed E-state index contributed by atoms with van der Waals surface area (Å²) in [5, 5.41) is 5.75. The Labute approximate surface area is 174 Å². The van der Waals surface area contributed by atoms with E-state index in [0.717, 1.165) is 31.5 Å². The SMILES string of the molecule is CN=C(NCC(C)c1cccs1)N1CCC(CN2CCCCC2)C1.I. The van der Waals surface area contributed by atoms with Gasteiger partial charge in [0.15, 0.2) is 5.96 Å². The van der Waals surface area contributed by atoms with Crippen LogP contribution in [0.4, 0.5) is 0 Å². The number of hydrogen-bond acceptors (Lipinski definition) is 3. The number of likely N-dealkylation sites (tertiary alicyclic amines) is 2. The molecule has 25 heavy (non-hydrogen) atoms. The summed E-state index contributed by atoms with van der Waals surface area (Å²) in [6, 6.07) is 4.36. The molecule has 3 rings (SSSR count). The Morgan fingerprint density at radius 2 is 2.12 bits per heavy atom. The maximum absolute atomic E-state index is 4.53. The van der Waals surface area contributed by atoms with Gasteiger partial charge in [0.2, 0.25) is 0 Å². The minimum atomic E-state index is 0. The van der Waals surface area contributed by atoms with Crippen LogP contribution in [0.3, 0.4) is 0 Å². The molecule has 2 unspecified atom stereocenters. The fourth-order valence-corrected chi connectivity index (χ4v) is 4.72. The first kappa shape index (κ1) is 21.0. The largest absolute Gasteiger partial charge is 0.356 e. The van der Waals surface area contributed by atoms with Gasteiger partial charge in [-0.15, -0.1) is 35.3 Å². The second-order valence-corrected chi connectivity index (χ2v) is 8.29. The van der Waals surface area contributed by atoms with Crippen molar-refractivity contribution < 1.29 is 0 Å². The van der Waals surface area contributed by atoms with Crippen molar-refractivity contribution in [2.24, 2.45) is 10.9 Å². The van der Waals surface area contributed by atoms with Crippen molar-refractivity contribution >= 4 is 41.3 Å². The van der Waals surface area contributed by atoms with Crippen molar-refractivity contribution in [3.8, 4) is 0 Å². The van der Waals surface area contributed by atoms with E-state index in [0.29, 0.717) is 5.92 Å². The number of rotatable bonds is 5. The predicted octanol–water partition coefficient (Wildman–Crippen LogP) is 3.85. The Morgan fingerprint density at radius 3 is 2.80 bits per heavy atom. The molecule has 4 nitrogen and oxygen atoms in total. The van der Waals surface area contributed by atoms with Crippen molar-refractivity contribution in [1.29, 1.82) is 0 Å².